The second-order valence-electron chi connectivity index (χ2n) is 5.48. The van der Waals surface area contributed by atoms with Gasteiger partial charge >= 0.3 is 0 Å². The number of nitrogens with one attached hydrogen (secondary N) is 1. The van der Waals surface area contributed by atoms with Crippen LogP contribution in [0.3, 0.4) is 0 Å². The van der Waals surface area contributed by atoms with E-state index in [1.807, 2.05) is 24.3 Å². The van der Waals surface area contributed by atoms with Crippen molar-refractivity contribution in [3.63, 3.8) is 0 Å². The lowest BCUT2D eigenvalue weighted by Crippen LogP contribution is -2.32. The third kappa shape index (κ3) is 4.48. The van der Waals surface area contributed by atoms with E-state index in [2.05, 4.69) is 32.2 Å². The molecule has 3 heteroatoms. The average molecular weight is 246 g/mol. The Morgan fingerprint density at radius 2 is 2.17 bits per heavy atom. The number of nitrogens with zero attached hydrogens (tertiary/aromatic N) is 1. The molecule has 1 rings (SSSR count). The summed E-state index contributed by atoms with van der Waals surface area (Å²) in [6.45, 7) is 7.41. The Hall–Kier alpha value is -1.37. The minimum absolute atomic E-state index is 0.0792. The van der Waals surface area contributed by atoms with Gasteiger partial charge in [0.1, 0.15) is 0 Å². The van der Waals surface area contributed by atoms with E-state index in [9.17, 15) is 0 Å². The Balaban J connectivity index is 2.60. The topological polar surface area (TPSA) is 56.0 Å². The van der Waals surface area contributed by atoms with Crippen LogP contribution in [0.1, 0.15) is 44.4 Å². The summed E-state index contributed by atoms with van der Waals surface area (Å²) in [4.78, 5) is 0. The van der Waals surface area contributed by atoms with E-state index in [-0.39, 0.29) is 18.1 Å². The number of hydrogen-bond acceptors (Lipinski definition) is 3. The average Bonchev–Trinajstić information content (AvgIpc) is 2.36. The summed E-state index contributed by atoms with van der Waals surface area (Å²) in [5.74, 6) is 0. The largest absolute Gasteiger partial charge is 0.396 e. The van der Waals surface area contributed by atoms with Crippen molar-refractivity contribution < 1.29 is 5.11 Å². The molecule has 1 aromatic carbocycles. The Labute approximate surface area is 109 Å². The van der Waals surface area contributed by atoms with Crippen molar-refractivity contribution in [1.82, 2.24) is 5.32 Å². The zero-order valence-corrected chi connectivity index (χ0v) is 11.4. The summed E-state index contributed by atoms with van der Waals surface area (Å²) in [6, 6.07) is 10.0. The number of aliphatic hydroxyl groups excluding tert-OH is 1. The monoisotopic (exact) mass is 246 g/mol. The van der Waals surface area contributed by atoms with Gasteiger partial charge in [0.2, 0.25) is 0 Å². The first-order valence-electron chi connectivity index (χ1n) is 6.33. The van der Waals surface area contributed by atoms with Gasteiger partial charge < -0.3 is 10.4 Å². The lowest BCUT2D eigenvalue weighted by molar-refractivity contribution is 0.204. The van der Waals surface area contributed by atoms with Gasteiger partial charge in [-0.25, -0.2) is 0 Å². The fraction of sp³-hybridized carbons (Fsp3) is 0.533. The molecule has 1 aromatic rings. The predicted octanol–water partition coefficient (Wildman–Crippen LogP) is 2.62. The maximum absolute atomic E-state index is 8.99. The Morgan fingerprint density at radius 3 is 2.78 bits per heavy atom. The molecule has 0 aromatic heterocycles. The lowest BCUT2D eigenvalue weighted by atomic mass is 9.89. The first-order valence-corrected chi connectivity index (χ1v) is 6.33. The zero-order valence-electron chi connectivity index (χ0n) is 11.4. The number of nitriles is 1. The molecule has 0 aliphatic heterocycles. The Morgan fingerprint density at radius 1 is 1.44 bits per heavy atom. The highest BCUT2D eigenvalue weighted by Gasteiger charge is 2.18. The number of aliphatic hydroxyl groups is 1. The maximum atomic E-state index is 8.99. The molecule has 0 fully saturated rings. The van der Waals surface area contributed by atoms with Gasteiger partial charge in [-0.1, -0.05) is 26.0 Å². The molecule has 0 aliphatic rings. The van der Waals surface area contributed by atoms with Crippen LogP contribution >= 0.6 is 0 Å². The van der Waals surface area contributed by atoms with Gasteiger partial charge in [0.15, 0.2) is 0 Å². The minimum Gasteiger partial charge on any atom is -0.396 e. The van der Waals surface area contributed by atoms with E-state index in [0.29, 0.717) is 5.56 Å². The molecule has 0 aliphatic carbocycles. The summed E-state index contributed by atoms with van der Waals surface area (Å²) >= 11 is 0. The molecule has 2 N–H and O–H groups in total. The van der Waals surface area contributed by atoms with Crippen molar-refractivity contribution in [2.75, 3.05) is 13.2 Å². The van der Waals surface area contributed by atoms with Crippen LogP contribution in [0.4, 0.5) is 0 Å². The molecule has 3 nitrogen and oxygen atoms in total. The van der Waals surface area contributed by atoms with Gasteiger partial charge in [0, 0.05) is 19.2 Å². The molecule has 0 saturated heterocycles. The molecule has 18 heavy (non-hydrogen) atoms. The van der Waals surface area contributed by atoms with Crippen LogP contribution in [-0.4, -0.2) is 18.3 Å². The molecule has 0 bridgehead atoms. The summed E-state index contributed by atoms with van der Waals surface area (Å²) < 4.78 is 0. The third-order valence-corrected chi connectivity index (χ3v) is 3.19. The van der Waals surface area contributed by atoms with Crippen molar-refractivity contribution in [1.29, 1.82) is 5.26 Å². The van der Waals surface area contributed by atoms with Crippen molar-refractivity contribution >= 4 is 0 Å². The lowest BCUT2D eigenvalue weighted by Gasteiger charge is -2.26. The first kappa shape index (κ1) is 14.7. The molecule has 1 unspecified atom stereocenters. The molecule has 1 atom stereocenters. The highest BCUT2D eigenvalue weighted by molar-refractivity contribution is 5.34. The number of hydrogen-bond donors (Lipinski definition) is 2. The van der Waals surface area contributed by atoms with Crippen molar-refractivity contribution in [3.8, 4) is 6.07 Å². The molecular weight excluding hydrogens is 224 g/mol. The molecule has 0 spiro atoms. The summed E-state index contributed by atoms with van der Waals surface area (Å²) in [7, 11) is 0. The molecule has 0 amide bonds. The van der Waals surface area contributed by atoms with Gasteiger partial charge in [-0.05, 0) is 36.5 Å². The van der Waals surface area contributed by atoms with Crippen molar-refractivity contribution in [2.24, 2.45) is 5.41 Å². The summed E-state index contributed by atoms with van der Waals surface area (Å²) in [5.41, 5.74) is 1.89. The molecule has 0 radical (unpaired) electrons. The predicted molar refractivity (Wildman–Crippen MR) is 73.1 cm³/mol. The highest BCUT2D eigenvalue weighted by atomic mass is 16.3. The minimum atomic E-state index is 0.0792. The first-order chi connectivity index (χ1) is 8.48. The normalized spacial score (nSPS) is 13.1. The zero-order chi connectivity index (χ0) is 13.6. The SMILES string of the molecule is CC(NCC(C)(C)CCO)c1cccc(C#N)c1. The molecule has 0 heterocycles. The molecular formula is C15H22N2O. The highest BCUT2D eigenvalue weighted by Crippen LogP contribution is 2.21. The van der Waals surface area contributed by atoms with E-state index in [1.165, 1.54) is 0 Å². The van der Waals surface area contributed by atoms with Crippen molar-refractivity contribution in [3.05, 3.63) is 35.4 Å². The summed E-state index contributed by atoms with van der Waals surface area (Å²) in [5, 5.41) is 21.3. The van der Waals surface area contributed by atoms with E-state index in [4.69, 9.17) is 10.4 Å². The standard InChI is InChI=1S/C15H22N2O/c1-12(17-11-15(2,3)7-8-18)14-6-4-5-13(9-14)10-16/h4-6,9,12,17-18H,7-8,11H2,1-3H3. The second kappa shape index (κ2) is 6.53. The van der Waals surface area contributed by atoms with Crippen LogP contribution in [0.15, 0.2) is 24.3 Å². The van der Waals surface area contributed by atoms with Gasteiger partial charge in [-0.15, -0.1) is 0 Å². The van der Waals surface area contributed by atoms with E-state index in [0.717, 1.165) is 18.5 Å². The smallest absolute Gasteiger partial charge is 0.0991 e. The number of rotatable bonds is 6. The second-order valence-corrected chi connectivity index (χ2v) is 5.48. The van der Waals surface area contributed by atoms with Crippen LogP contribution in [0, 0.1) is 16.7 Å². The fourth-order valence-electron chi connectivity index (χ4n) is 1.82. The fourth-order valence-corrected chi connectivity index (χ4v) is 1.82. The van der Waals surface area contributed by atoms with E-state index >= 15 is 0 Å². The molecule has 98 valence electrons. The third-order valence-electron chi connectivity index (χ3n) is 3.19. The number of benzene rings is 1. The Kier molecular flexibility index (Phi) is 5.33. The van der Waals surface area contributed by atoms with Crippen LogP contribution in [0.25, 0.3) is 0 Å². The van der Waals surface area contributed by atoms with Crippen LogP contribution < -0.4 is 5.32 Å². The van der Waals surface area contributed by atoms with Crippen molar-refractivity contribution in [2.45, 2.75) is 33.2 Å². The Bertz CT molecular complexity index is 421. The van der Waals surface area contributed by atoms with Gasteiger partial charge in [-0.3, -0.25) is 0 Å². The van der Waals surface area contributed by atoms with E-state index < -0.39 is 0 Å². The van der Waals surface area contributed by atoms with E-state index in [1.54, 1.807) is 0 Å². The maximum Gasteiger partial charge on any atom is 0.0991 e. The van der Waals surface area contributed by atoms with Crippen LogP contribution in [-0.2, 0) is 0 Å². The summed E-state index contributed by atoms with van der Waals surface area (Å²) in [6.07, 6.45) is 0.783. The van der Waals surface area contributed by atoms with Crippen LogP contribution in [0.5, 0.6) is 0 Å². The van der Waals surface area contributed by atoms with Gasteiger partial charge in [0.25, 0.3) is 0 Å². The van der Waals surface area contributed by atoms with Gasteiger partial charge in [-0.2, -0.15) is 5.26 Å². The quantitative estimate of drug-likeness (QED) is 0.811. The van der Waals surface area contributed by atoms with Crippen LogP contribution in [0.2, 0.25) is 0 Å². The van der Waals surface area contributed by atoms with Gasteiger partial charge in [0.05, 0.1) is 11.6 Å². The molecule has 0 saturated carbocycles.